The van der Waals surface area contributed by atoms with Crippen molar-refractivity contribution < 1.29 is 13.5 Å². The van der Waals surface area contributed by atoms with E-state index in [4.69, 9.17) is 10.8 Å². The Labute approximate surface area is 73.7 Å². The molecule has 0 bridgehead atoms. The average molecular weight is 195 g/mol. The van der Waals surface area contributed by atoms with E-state index in [1.165, 1.54) is 6.92 Å². The van der Waals surface area contributed by atoms with Gasteiger partial charge in [-0.3, -0.25) is 0 Å². The maximum absolute atomic E-state index is 11.2. The summed E-state index contributed by atoms with van der Waals surface area (Å²) in [4.78, 5) is 0. The molecule has 4 nitrogen and oxygen atoms in total. The smallest absolute Gasteiger partial charge is 0.154 e. The maximum atomic E-state index is 11.2. The van der Waals surface area contributed by atoms with Crippen LogP contribution < -0.4 is 5.73 Å². The predicted molar refractivity (Wildman–Crippen MR) is 48.6 cm³/mol. The lowest BCUT2D eigenvalue weighted by Crippen LogP contribution is -2.41. The summed E-state index contributed by atoms with van der Waals surface area (Å²) in [5.41, 5.74) is 4.81. The topological polar surface area (TPSA) is 80.4 Å². The number of sulfone groups is 1. The van der Waals surface area contributed by atoms with Crippen LogP contribution in [0.25, 0.3) is 0 Å². The van der Waals surface area contributed by atoms with Crippen molar-refractivity contribution in [3.8, 4) is 0 Å². The van der Waals surface area contributed by atoms with Gasteiger partial charge in [0.1, 0.15) is 0 Å². The number of aliphatic hydroxyl groups is 1. The fraction of sp³-hybridized carbons (Fsp3) is 1.00. The molecule has 0 radical (unpaired) electrons. The van der Waals surface area contributed by atoms with Gasteiger partial charge in [0.25, 0.3) is 0 Å². The Balaban J connectivity index is 4.26. The molecule has 0 aliphatic rings. The lowest BCUT2D eigenvalue weighted by Gasteiger charge is -2.18. The van der Waals surface area contributed by atoms with Gasteiger partial charge in [-0.15, -0.1) is 0 Å². The molecule has 0 aliphatic carbocycles. The van der Waals surface area contributed by atoms with Crippen molar-refractivity contribution in [1.29, 1.82) is 0 Å². The molecular weight excluding hydrogens is 178 g/mol. The van der Waals surface area contributed by atoms with Crippen molar-refractivity contribution in [2.75, 3.05) is 11.5 Å². The van der Waals surface area contributed by atoms with E-state index in [2.05, 4.69) is 0 Å². The minimum atomic E-state index is -3.21. The summed E-state index contributed by atoms with van der Waals surface area (Å²) in [5.74, 6) is -0.307. The van der Waals surface area contributed by atoms with Gasteiger partial charge >= 0.3 is 0 Å². The van der Waals surface area contributed by atoms with Gasteiger partial charge in [-0.25, -0.2) is 8.42 Å². The molecule has 0 aliphatic heterocycles. The van der Waals surface area contributed by atoms with Gasteiger partial charge in [0.15, 0.2) is 9.84 Å². The van der Waals surface area contributed by atoms with Crippen LogP contribution in [0.5, 0.6) is 0 Å². The Morgan fingerprint density at radius 3 is 2.17 bits per heavy atom. The third-order valence-corrected chi connectivity index (χ3v) is 3.26. The van der Waals surface area contributed by atoms with E-state index in [1.54, 1.807) is 13.8 Å². The fourth-order valence-corrected chi connectivity index (χ4v) is 2.98. The van der Waals surface area contributed by atoms with Crippen molar-refractivity contribution in [3.63, 3.8) is 0 Å². The average Bonchev–Trinajstić information content (AvgIpc) is 1.48. The van der Waals surface area contributed by atoms with Crippen molar-refractivity contribution in [1.82, 2.24) is 0 Å². The summed E-state index contributed by atoms with van der Waals surface area (Å²) in [6.45, 7) is 4.74. The first-order chi connectivity index (χ1) is 5.12. The molecular formula is C7H17NO3S. The van der Waals surface area contributed by atoms with Crippen LogP contribution >= 0.6 is 0 Å². The van der Waals surface area contributed by atoms with Crippen LogP contribution in [0.15, 0.2) is 0 Å². The molecule has 3 N–H and O–H groups in total. The summed E-state index contributed by atoms with van der Waals surface area (Å²) in [6.07, 6.45) is -0.822. The fourth-order valence-electron chi connectivity index (χ4n) is 0.993. The van der Waals surface area contributed by atoms with Gasteiger partial charge < -0.3 is 10.8 Å². The Kier molecular flexibility index (Phi) is 3.68. The largest absolute Gasteiger partial charge is 0.392 e. The molecule has 5 heteroatoms. The predicted octanol–water partition coefficient (Wildman–Crippen LogP) is -0.481. The van der Waals surface area contributed by atoms with Gasteiger partial charge in [0, 0.05) is 5.54 Å². The Hall–Kier alpha value is -0.130. The molecule has 0 rings (SSSR count). The van der Waals surface area contributed by atoms with Crippen LogP contribution in [-0.4, -0.2) is 36.7 Å². The first kappa shape index (κ1) is 11.9. The van der Waals surface area contributed by atoms with Crippen LogP contribution in [0.1, 0.15) is 20.8 Å². The summed E-state index contributed by atoms with van der Waals surface area (Å²) in [7, 11) is -3.21. The summed E-state index contributed by atoms with van der Waals surface area (Å²) in [6, 6.07) is 0. The molecule has 0 aromatic rings. The normalized spacial score (nSPS) is 16.1. The lowest BCUT2D eigenvalue weighted by atomic mass is 10.1. The molecule has 0 fully saturated rings. The van der Waals surface area contributed by atoms with Gasteiger partial charge in [-0.05, 0) is 20.8 Å². The molecule has 0 saturated carbocycles. The third-order valence-electron chi connectivity index (χ3n) is 1.09. The Morgan fingerprint density at radius 2 is 1.92 bits per heavy atom. The highest BCUT2D eigenvalue weighted by Crippen LogP contribution is 2.04. The van der Waals surface area contributed by atoms with Crippen LogP contribution in [0, 0.1) is 0 Å². The van der Waals surface area contributed by atoms with Gasteiger partial charge in [-0.1, -0.05) is 0 Å². The number of hydrogen-bond acceptors (Lipinski definition) is 4. The Bertz CT molecular complexity index is 226. The van der Waals surface area contributed by atoms with Crippen LogP contribution in [0.2, 0.25) is 0 Å². The van der Waals surface area contributed by atoms with Gasteiger partial charge in [0.05, 0.1) is 17.6 Å². The molecule has 0 spiro atoms. The minimum Gasteiger partial charge on any atom is -0.392 e. The van der Waals surface area contributed by atoms with Crippen LogP contribution in [0.4, 0.5) is 0 Å². The summed E-state index contributed by atoms with van der Waals surface area (Å²) >= 11 is 0. The zero-order valence-corrected chi connectivity index (χ0v) is 8.56. The zero-order valence-electron chi connectivity index (χ0n) is 7.74. The number of aliphatic hydroxyl groups excluding tert-OH is 1. The second-order valence-electron chi connectivity index (χ2n) is 3.89. The van der Waals surface area contributed by atoms with E-state index in [9.17, 15) is 8.42 Å². The lowest BCUT2D eigenvalue weighted by molar-refractivity contribution is 0.218. The zero-order chi connectivity index (χ0) is 9.99. The van der Waals surface area contributed by atoms with Crippen molar-refractivity contribution in [3.05, 3.63) is 0 Å². The minimum absolute atomic E-state index is 0.0924. The first-order valence-electron chi connectivity index (χ1n) is 3.80. The first-order valence-corrected chi connectivity index (χ1v) is 5.62. The SMILES string of the molecule is CC(O)CS(=O)(=O)CC(C)(C)N. The summed E-state index contributed by atoms with van der Waals surface area (Å²) in [5, 5.41) is 8.86. The van der Waals surface area contributed by atoms with Gasteiger partial charge in [-0.2, -0.15) is 0 Å². The van der Waals surface area contributed by atoms with Gasteiger partial charge in [0.2, 0.25) is 0 Å². The monoisotopic (exact) mass is 195 g/mol. The molecule has 0 amide bonds. The molecule has 1 unspecified atom stereocenters. The standard InChI is InChI=1S/C7H17NO3S/c1-6(9)4-12(10,11)5-7(2,3)8/h6,9H,4-5,8H2,1-3H3. The molecule has 1 atom stereocenters. The van der Waals surface area contributed by atoms with Crippen molar-refractivity contribution in [2.24, 2.45) is 5.73 Å². The molecule has 0 aromatic carbocycles. The van der Waals surface area contributed by atoms with E-state index < -0.39 is 21.5 Å². The van der Waals surface area contributed by atoms with E-state index in [-0.39, 0.29) is 11.5 Å². The summed E-state index contributed by atoms with van der Waals surface area (Å²) < 4.78 is 22.4. The highest BCUT2D eigenvalue weighted by atomic mass is 32.2. The van der Waals surface area contributed by atoms with E-state index in [0.29, 0.717) is 0 Å². The Morgan fingerprint density at radius 1 is 1.50 bits per heavy atom. The second-order valence-corrected chi connectivity index (χ2v) is 6.00. The third kappa shape index (κ3) is 6.57. The molecule has 0 heterocycles. The van der Waals surface area contributed by atoms with Crippen LogP contribution in [-0.2, 0) is 9.84 Å². The molecule has 0 saturated heterocycles. The van der Waals surface area contributed by atoms with E-state index >= 15 is 0 Å². The quantitative estimate of drug-likeness (QED) is 0.635. The second kappa shape index (κ2) is 3.72. The molecule has 12 heavy (non-hydrogen) atoms. The maximum Gasteiger partial charge on any atom is 0.154 e. The van der Waals surface area contributed by atoms with E-state index in [0.717, 1.165) is 0 Å². The number of nitrogens with two attached hydrogens (primary N) is 1. The van der Waals surface area contributed by atoms with E-state index in [1.807, 2.05) is 0 Å². The highest BCUT2D eigenvalue weighted by molar-refractivity contribution is 7.91. The molecule has 74 valence electrons. The number of rotatable bonds is 4. The van der Waals surface area contributed by atoms with Crippen molar-refractivity contribution in [2.45, 2.75) is 32.4 Å². The molecule has 0 aromatic heterocycles. The highest BCUT2D eigenvalue weighted by Gasteiger charge is 2.23. The van der Waals surface area contributed by atoms with Crippen molar-refractivity contribution >= 4 is 9.84 Å². The van der Waals surface area contributed by atoms with Crippen LogP contribution in [0.3, 0.4) is 0 Å². The number of hydrogen-bond donors (Lipinski definition) is 2.